The predicted molar refractivity (Wildman–Crippen MR) is 98.2 cm³/mol. The highest BCUT2D eigenvalue weighted by Crippen LogP contribution is 2.27. The Morgan fingerprint density at radius 2 is 1.97 bits per heavy atom. The van der Waals surface area contributed by atoms with Crippen molar-refractivity contribution in [2.45, 2.75) is 19.5 Å². The van der Waals surface area contributed by atoms with Crippen molar-refractivity contribution < 1.29 is 36.6 Å². The van der Waals surface area contributed by atoms with E-state index in [9.17, 15) is 18.0 Å². The molecule has 1 N–H and O–H groups in total. The molecule has 0 aliphatic heterocycles. The summed E-state index contributed by atoms with van der Waals surface area (Å²) in [7, 11) is 1.53. The third-order valence-corrected chi connectivity index (χ3v) is 3.70. The second-order valence-electron chi connectivity index (χ2n) is 6.02. The van der Waals surface area contributed by atoms with Gasteiger partial charge in [0.25, 0.3) is 5.91 Å². The van der Waals surface area contributed by atoms with Crippen LogP contribution in [0.15, 0.2) is 53.2 Å². The Morgan fingerprint density at radius 1 is 1.20 bits per heavy atom. The first kappa shape index (κ1) is 21.2. The number of para-hydroxylation sites is 2. The summed E-state index contributed by atoms with van der Waals surface area (Å²) < 4.78 is 58.1. The largest absolute Gasteiger partial charge is 0.493 e. The van der Waals surface area contributed by atoms with E-state index in [2.05, 4.69) is 15.2 Å². The number of carbonyl (C=O) groups is 1. The number of hydrogen-bond acceptors (Lipinski definition) is 6. The Bertz CT molecular complexity index is 984. The van der Waals surface area contributed by atoms with E-state index in [1.54, 1.807) is 24.3 Å². The number of halogens is 3. The molecule has 160 valence electrons. The molecule has 2 heterocycles. The number of amides is 1. The topological polar surface area (TPSA) is 87.8 Å². The fourth-order valence-electron chi connectivity index (χ4n) is 2.41. The van der Waals surface area contributed by atoms with Gasteiger partial charge in [-0.3, -0.25) is 4.79 Å². The van der Waals surface area contributed by atoms with Crippen LogP contribution >= 0.6 is 0 Å². The SMILES string of the molecule is COc1ccccc1OCc1ccc(C(=O)Nc2cnn(COCC(F)(F)F)c2)o1. The fraction of sp³-hybridized carbons (Fsp3) is 0.263. The van der Waals surface area contributed by atoms with Crippen molar-refractivity contribution in [3.8, 4) is 11.5 Å². The maximum Gasteiger partial charge on any atom is 0.411 e. The molecule has 11 heteroatoms. The quantitative estimate of drug-likeness (QED) is 0.560. The van der Waals surface area contributed by atoms with Crippen molar-refractivity contribution in [1.82, 2.24) is 9.78 Å². The van der Waals surface area contributed by atoms with Gasteiger partial charge in [0.05, 0.1) is 25.2 Å². The average Bonchev–Trinajstić information content (AvgIpc) is 3.35. The van der Waals surface area contributed by atoms with Crippen LogP contribution in [0.1, 0.15) is 16.3 Å². The summed E-state index contributed by atoms with van der Waals surface area (Å²) in [6, 6.07) is 10.2. The fourth-order valence-corrected chi connectivity index (χ4v) is 2.41. The van der Waals surface area contributed by atoms with Crippen LogP contribution in [0.3, 0.4) is 0 Å². The molecular formula is C19H18F3N3O5. The van der Waals surface area contributed by atoms with Gasteiger partial charge in [-0.1, -0.05) is 12.1 Å². The molecular weight excluding hydrogens is 407 g/mol. The van der Waals surface area contributed by atoms with E-state index in [0.29, 0.717) is 17.3 Å². The number of aromatic nitrogens is 2. The van der Waals surface area contributed by atoms with Crippen molar-refractivity contribution >= 4 is 11.6 Å². The Kier molecular flexibility index (Phi) is 6.62. The van der Waals surface area contributed by atoms with Crippen molar-refractivity contribution in [3.05, 3.63) is 60.3 Å². The molecule has 1 amide bonds. The molecule has 0 bridgehead atoms. The van der Waals surface area contributed by atoms with Gasteiger partial charge in [-0.2, -0.15) is 18.3 Å². The molecule has 0 atom stereocenters. The van der Waals surface area contributed by atoms with Gasteiger partial charge in [0, 0.05) is 0 Å². The minimum atomic E-state index is -4.42. The van der Waals surface area contributed by atoms with Crippen molar-refractivity contribution in [2.24, 2.45) is 0 Å². The molecule has 0 spiro atoms. The molecule has 3 aromatic rings. The lowest BCUT2D eigenvalue weighted by Crippen LogP contribution is -2.18. The third-order valence-electron chi connectivity index (χ3n) is 3.70. The Hall–Kier alpha value is -3.47. The van der Waals surface area contributed by atoms with Gasteiger partial charge in [0.15, 0.2) is 17.3 Å². The number of nitrogens with one attached hydrogen (secondary N) is 1. The summed E-state index contributed by atoms with van der Waals surface area (Å²) in [5.41, 5.74) is 0.277. The molecule has 0 aliphatic carbocycles. The van der Waals surface area contributed by atoms with Gasteiger partial charge in [-0.15, -0.1) is 0 Å². The zero-order valence-electron chi connectivity index (χ0n) is 15.8. The molecule has 3 rings (SSSR count). The highest BCUT2D eigenvalue weighted by atomic mass is 19.4. The van der Waals surface area contributed by atoms with Crippen LogP contribution < -0.4 is 14.8 Å². The number of furan rings is 1. The maximum absolute atomic E-state index is 12.3. The smallest absolute Gasteiger partial charge is 0.411 e. The Balaban J connectivity index is 1.51. The van der Waals surface area contributed by atoms with Crippen LogP contribution in [0.2, 0.25) is 0 Å². The molecule has 8 nitrogen and oxygen atoms in total. The van der Waals surface area contributed by atoms with Crippen LogP contribution in [0.4, 0.5) is 18.9 Å². The van der Waals surface area contributed by atoms with E-state index in [1.165, 1.54) is 25.6 Å². The molecule has 0 unspecified atom stereocenters. The lowest BCUT2D eigenvalue weighted by atomic mass is 10.3. The minimum absolute atomic E-state index is 0.0368. The number of methoxy groups -OCH3 is 1. The molecule has 30 heavy (non-hydrogen) atoms. The lowest BCUT2D eigenvalue weighted by Gasteiger charge is -2.08. The molecule has 2 aromatic heterocycles. The lowest BCUT2D eigenvalue weighted by molar-refractivity contribution is -0.182. The van der Waals surface area contributed by atoms with Crippen LogP contribution in [0.25, 0.3) is 0 Å². The molecule has 0 saturated heterocycles. The average molecular weight is 425 g/mol. The zero-order valence-corrected chi connectivity index (χ0v) is 15.8. The maximum atomic E-state index is 12.3. The molecule has 0 fully saturated rings. The first-order valence-corrected chi connectivity index (χ1v) is 8.67. The van der Waals surface area contributed by atoms with E-state index in [0.717, 1.165) is 4.68 Å². The van der Waals surface area contributed by atoms with Crippen LogP contribution in [0, 0.1) is 0 Å². The van der Waals surface area contributed by atoms with E-state index >= 15 is 0 Å². The third kappa shape index (κ3) is 6.01. The summed E-state index contributed by atoms with van der Waals surface area (Å²) in [4.78, 5) is 12.3. The van der Waals surface area contributed by atoms with E-state index < -0.39 is 25.4 Å². The van der Waals surface area contributed by atoms with Gasteiger partial charge in [0.1, 0.15) is 25.7 Å². The summed E-state index contributed by atoms with van der Waals surface area (Å²) in [5, 5.41) is 6.35. The van der Waals surface area contributed by atoms with E-state index in [4.69, 9.17) is 13.9 Å². The number of nitrogens with zero attached hydrogens (tertiary/aromatic N) is 2. The first-order valence-electron chi connectivity index (χ1n) is 8.67. The minimum Gasteiger partial charge on any atom is -0.493 e. The number of hydrogen-bond donors (Lipinski definition) is 1. The van der Waals surface area contributed by atoms with Gasteiger partial charge in [-0.05, 0) is 24.3 Å². The normalized spacial score (nSPS) is 11.3. The number of ether oxygens (including phenoxy) is 3. The number of carbonyl (C=O) groups excluding carboxylic acids is 1. The number of alkyl halides is 3. The second-order valence-corrected chi connectivity index (χ2v) is 6.02. The summed E-state index contributed by atoms with van der Waals surface area (Å²) in [6.45, 7) is -1.71. The van der Waals surface area contributed by atoms with Gasteiger partial charge in [-0.25, -0.2) is 4.68 Å². The monoisotopic (exact) mass is 425 g/mol. The Morgan fingerprint density at radius 3 is 2.70 bits per heavy atom. The highest BCUT2D eigenvalue weighted by Gasteiger charge is 2.27. The number of anilines is 1. The number of benzene rings is 1. The summed E-state index contributed by atoms with van der Waals surface area (Å²) in [6.07, 6.45) is -1.80. The van der Waals surface area contributed by atoms with E-state index in [-0.39, 0.29) is 18.1 Å². The molecule has 0 aliphatic rings. The number of rotatable bonds is 9. The van der Waals surface area contributed by atoms with E-state index in [1.807, 2.05) is 6.07 Å². The highest BCUT2D eigenvalue weighted by molar-refractivity contribution is 6.02. The van der Waals surface area contributed by atoms with Gasteiger partial charge >= 0.3 is 6.18 Å². The molecule has 0 saturated carbocycles. The van der Waals surface area contributed by atoms with Crippen molar-refractivity contribution in [1.29, 1.82) is 0 Å². The van der Waals surface area contributed by atoms with Crippen LogP contribution in [-0.2, 0) is 18.1 Å². The standard InChI is InChI=1S/C19H18F3N3O5/c1-27-15-4-2-3-5-16(15)29-10-14-6-7-17(30-14)18(26)24-13-8-23-25(9-13)12-28-11-19(20,21)22/h2-9H,10-12H2,1H3,(H,24,26). The van der Waals surface area contributed by atoms with Gasteiger partial charge < -0.3 is 23.9 Å². The van der Waals surface area contributed by atoms with Crippen molar-refractivity contribution in [3.63, 3.8) is 0 Å². The van der Waals surface area contributed by atoms with Gasteiger partial charge in [0.2, 0.25) is 0 Å². The van der Waals surface area contributed by atoms with Crippen LogP contribution in [0.5, 0.6) is 11.5 Å². The second kappa shape index (κ2) is 9.35. The molecule has 0 radical (unpaired) electrons. The predicted octanol–water partition coefficient (Wildman–Crippen LogP) is 3.85. The summed E-state index contributed by atoms with van der Waals surface area (Å²) >= 11 is 0. The molecule has 1 aromatic carbocycles. The van der Waals surface area contributed by atoms with Crippen LogP contribution in [-0.4, -0.2) is 35.6 Å². The Labute approximate surface area is 169 Å². The zero-order chi connectivity index (χ0) is 21.6. The first-order chi connectivity index (χ1) is 14.3. The van der Waals surface area contributed by atoms with Crippen molar-refractivity contribution in [2.75, 3.05) is 19.0 Å². The summed E-state index contributed by atoms with van der Waals surface area (Å²) in [5.74, 6) is 1.01.